The van der Waals surface area contributed by atoms with Crippen molar-refractivity contribution >= 4 is 118 Å². The number of benzene rings is 5. The van der Waals surface area contributed by atoms with E-state index >= 15 is 0 Å². The fraction of sp³-hybridized carbons (Fsp3) is 0.632. The SMILES string of the molecule is C.C.C.C.C.C.C.C.C.C.CN=C(NC)NCCC[C@H](NC)C(C)=O.CN[C@@H](CC1(C)N=N1)C(C)=O.CN[C@@H](CCCCN=C(N)N)C(C)=O.CN[C@@H](CCCCNC(C)C)C(C)=O.CN[C@@H](CCCNC(N)=O)C(C)=O.CN[C@@H](CCS(C)(=O)=O)C(C)=O.CN[C@@H](CCS(C)=O)C(C)=O.CN[C@@H](Cc1c2ccccc2cc2ccccc12)C(C)=O.CN[C@@H](Cc1ccc(C(=O)c2ccccc2)cc1)C(C)=O. The Balaban J connectivity index is -0.000000120. The highest BCUT2D eigenvalue weighted by Gasteiger charge is 2.37. The second-order valence-corrected chi connectivity index (χ2v) is 36.3. The average molecular weight is 2050 g/mol. The van der Waals surface area contributed by atoms with E-state index in [9.17, 15) is 65.4 Å². The van der Waals surface area contributed by atoms with E-state index in [4.69, 9.17) is 17.2 Å². The minimum Gasteiger partial charge on any atom is -0.370 e. The third-order valence-electron chi connectivity index (χ3n) is 21.1. The summed E-state index contributed by atoms with van der Waals surface area (Å²) in [7, 11) is 15.8. The number of carbonyl (C=O) groups is 11. The van der Waals surface area contributed by atoms with Gasteiger partial charge in [-0.05, 0) is 261 Å². The number of urea groups is 1. The van der Waals surface area contributed by atoms with E-state index in [0.717, 1.165) is 82.4 Å². The van der Waals surface area contributed by atoms with Gasteiger partial charge < -0.3 is 86.3 Å². The van der Waals surface area contributed by atoms with E-state index in [1.807, 2.05) is 89.7 Å². The van der Waals surface area contributed by atoms with Crippen LogP contribution in [0.5, 0.6) is 0 Å². The number of fused-ring (bicyclic) bond motifs is 2. The van der Waals surface area contributed by atoms with Gasteiger partial charge in [-0.1, -0.05) is 198 Å². The van der Waals surface area contributed by atoms with Gasteiger partial charge in [0.1, 0.15) is 61.9 Å². The van der Waals surface area contributed by atoms with Crippen LogP contribution in [0.25, 0.3) is 21.5 Å². The van der Waals surface area contributed by atoms with Gasteiger partial charge in [-0.3, -0.25) is 62.1 Å². The molecular formula is C106H204N20O14S2. The van der Waals surface area contributed by atoms with Crippen molar-refractivity contribution in [1.82, 2.24) is 69.1 Å². The Morgan fingerprint density at radius 3 is 1.08 bits per heavy atom. The van der Waals surface area contributed by atoms with Crippen molar-refractivity contribution in [2.24, 2.45) is 37.4 Å². The highest BCUT2D eigenvalue weighted by molar-refractivity contribution is 7.90. The lowest BCUT2D eigenvalue weighted by molar-refractivity contribution is -0.119. The molecule has 0 saturated heterocycles. The molecule has 6 rings (SSSR count). The van der Waals surface area contributed by atoms with Crippen LogP contribution >= 0.6 is 0 Å². The highest BCUT2D eigenvalue weighted by atomic mass is 32.2. The predicted molar refractivity (Wildman–Crippen MR) is 608 cm³/mol. The van der Waals surface area contributed by atoms with Crippen LogP contribution in [0, 0.1) is 0 Å². The number of guanidine groups is 2. The van der Waals surface area contributed by atoms with Crippen LogP contribution in [0.15, 0.2) is 129 Å². The number of Topliss-reactive ketones (excluding diaryl/α,β-unsaturated/α-hetero) is 9. The summed E-state index contributed by atoms with van der Waals surface area (Å²) in [5.74, 6) is 2.79. The molecule has 0 bridgehead atoms. The van der Waals surface area contributed by atoms with Gasteiger partial charge in [0.25, 0.3) is 0 Å². The van der Waals surface area contributed by atoms with Crippen LogP contribution in [0.2, 0.25) is 0 Å². The first-order valence-electron chi connectivity index (χ1n) is 45.0. The van der Waals surface area contributed by atoms with Gasteiger partial charge in [-0.15, -0.1) is 0 Å². The number of nitrogens with zero attached hydrogens (tertiary/aromatic N) is 4. The molecule has 5 aromatic rings. The summed E-state index contributed by atoms with van der Waals surface area (Å²) in [6.07, 6.45) is 15.0. The quantitative estimate of drug-likeness (QED) is 0.00565. The second-order valence-electron chi connectivity index (χ2n) is 32.5. The zero-order chi connectivity index (χ0) is 101. The normalized spacial score (nSPS) is 12.8. The largest absolute Gasteiger partial charge is 0.370 e. The Morgan fingerprint density at radius 1 is 0.415 bits per heavy atom. The monoisotopic (exact) mass is 2050 g/mol. The van der Waals surface area contributed by atoms with Gasteiger partial charge in [0.05, 0.1) is 60.1 Å². The first-order chi connectivity index (χ1) is 62.2. The first-order valence-corrected chi connectivity index (χ1v) is 48.8. The molecule has 0 saturated carbocycles. The topological polar surface area (TPSA) is 523 Å². The van der Waals surface area contributed by atoms with Crippen LogP contribution in [0.4, 0.5) is 4.79 Å². The van der Waals surface area contributed by atoms with Gasteiger partial charge in [0.2, 0.25) is 0 Å². The smallest absolute Gasteiger partial charge is 0.312 e. The third kappa shape index (κ3) is 77.9. The molecule has 0 radical (unpaired) electrons. The lowest BCUT2D eigenvalue weighted by Crippen LogP contribution is -2.37. The first kappa shape index (κ1) is 160. The van der Waals surface area contributed by atoms with E-state index < -0.39 is 26.7 Å². The summed E-state index contributed by atoms with van der Waals surface area (Å²) in [6.45, 7) is 23.4. The maximum Gasteiger partial charge on any atom is 0.312 e. The van der Waals surface area contributed by atoms with Crippen LogP contribution in [0.1, 0.15) is 268 Å². The Morgan fingerprint density at radius 2 is 0.754 bits per heavy atom. The minimum atomic E-state index is -2.96. The number of hydrogen-bond donors (Lipinski definition) is 16. The predicted octanol–water partition coefficient (Wildman–Crippen LogP) is 13.3. The standard InChI is InChI=1S/C19H19NO.C18H19NO2.C11H24N2O.C10H22N4O.C9H20N4O.C8H17N3O2.C7H13N3O.C7H15NO3S.C7H15NO2S.10CH4/c1-13(21)19(20-2)12-18-16-9-5-3-7-14(16)11-15-8-4-6-10-17(15)18;1-13(20)17(19-2)12-14-8-10-16(11-9-14)18(21)15-6-4-3-5-7-15;1-9(2)13-8-6-5-7-11(12-4)10(3)14;1-8(15)9(11-2)6-5-7-14-10(12-3)13-4;1-7(14)8(12-2)5-3-4-6-13-9(10)11;1-6(12)7(10-2)4-3-5-11-8(9)13;1-5(11)6(8-3)4-7(2)9-10-7;1-6(9)7(8-2)4-5-12(3,10)11;1-6(9)7(8-2)4-5-11(3)10;;;;;;;;;;/h3-11,19-20H,12H2,1-2H3;3-11,17,19H,12H2,1-2H3;9,11-13H,5-8H2,1-4H3;9,11H,5-7H2,1-4H3,(H2,12,13,14);8,12H,3-6H2,1-2H3,(H4,10,11,13);7,10H,3-5H2,1-2H3,(H3,9,11,13);6,8H,4H2,1-3H3;7-8H,4-5H2,1-3H3;7-8H,4-5H2,1-3H3;10*1H4/t19-;17-;11-;9-;8-;7-;6-;7-;7-,11?;;;;;;;;;;/m000000000........../s1. The lowest BCUT2D eigenvalue weighted by atomic mass is 9.92. The van der Waals surface area contributed by atoms with Crippen LogP contribution in [-0.2, 0) is 76.6 Å². The molecule has 1 unspecified atom stereocenters. The summed E-state index contributed by atoms with van der Waals surface area (Å²) in [5.41, 5.74) is 18.6. The molecule has 19 N–H and O–H groups in total. The van der Waals surface area contributed by atoms with E-state index in [1.54, 1.807) is 111 Å². The number of hydrogen-bond acceptors (Lipinski definition) is 28. The zero-order valence-corrected chi connectivity index (χ0v) is 85.2. The molecule has 2 amide bonds. The van der Waals surface area contributed by atoms with Crippen molar-refractivity contribution in [1.29, 1.82) is 0 Å². The zero-order valence-electron chi connectivity index (χ0n) is 83.6. The molecule has 824 valence electrons. The van der Waals surface area contributed by atoms with Crippen LogP contribution in [-0.4, -0.2) is 282 Å². The van der Waals surface area contributed by atoms with Gasteiger partial charge in [0, 0.05) is 86.4 Å². The third-order valence-corrected chi connectivity index (χ3v) is 22.9. The molecule has 1 aliphatic heterocycles. The number of nitrogens with one attached hydrogen (secondary N) is 13. The molecule has 10 atom stereocenters. The number of unbranched alkanes of at least 4 members (excludes halogenated alkanes) is 2. The van der Waals surface area contributed by atoms with Crippen molar-refractivity contribution < 1.29 is 65.4 Å². The molecule has 1 heterocycles. The number of sulfone groups is 1. The van der Waals surface area contributed by atoms with Crippen molar-refractivity contribution in [3.63, 3.8) is 0 Å². The Labute approximate surface area is 863 Å². The Bertz CT molecular complexity index is 4380. The molecule has 36 heteroatoms. The number of amides is 2. The molecule has 0 aliphatic carbocycles. The number of carbonyl (C=O) groups excluding carboxylic acids is 11. The molecule has 1 aliphatic rings. The maximum atomic E-state index is 12.3. The fourth-order valence-corrected chi connectivity index (χ4v) is 14.2. The number of likely N-dealkylation sites (N-methyl/N-ethyl adjacent to an activating group) is 9. The Kier molecular flexibility index (Phi) is 106. The van der Waals surface area contributed by atoms with E-state index in [0.29, 0.717) is 74.5 Å². The second kappa shape index (κ2) is 93.8. The molecule has 0 spiro atoms. The van der Waals surface area contributed by atoms with Crippen molar-refractivity contribution in [3.05, 3.63) is 131 Å². The minimum absolute atomic E-state index is 0. The fourth-order valence-electron chi connectivity index (χ4n) is 13.0. The number of primary amides is 1. The molecule has 0 aromatic heterocycles. The van der Waals surface area contributed by atoms with Crippen molar-refractivity contribution in [2.45, 2.75) is 320 Å². The number of rotatable bonds is 51. The molecular weight excluding hydrogens is 1840 g/mol. The van der Waals surface area contributed by atoms with E-state index in [-0.39, 0.29) is 204 Å². The van der Waals surface area contributed by atoms with E-state index in [2.05, 4.69) is 158 Å². The number of ketones is 10. The van der Waals surface area contributed by atoms with Gasteiger partial charge in [0.15, 0.2) is 23.4 Å². The summed E-state index contributed by atoms with van der Waals surface area (Å²) < 4.78 is 32.1. The molecule has 5 aromatic carbocycles. The van der Waals surface area contributed by atoms with E-state index in [1.165, 1.54) is 40.3 Å². The van der Waals surface area contributed by atoms with Gasteiger partial charge >= 0.3 is 6.03 Å². The number of nitrogens with two attached hydrogens (primary N) is 3. The Hall–Kier alpha value is -9.57. The average Bonchev–Trinajstić information content (AvgIpc) is 1.71. The summed E-state index contributed by atoms with van der Waals surface area (Å²) >= 11 is 0. The molecule has 0 fully saturated rings. The van der Waals surface area contributed by atoms with Crippen molar-refractivity contribution in [2.75, 3.05) is 128 Å². The highest BCUT2D eigenvalue weighted by Crippen LogP contribution is 2.32. The van der Waals surface area contributed by atoms with Crippen LogP contribution < -0.4 is 86.3 Å². The molecule has 34 nitrogen and oxygen atoms in total. The molecule has 142 heavy (non-hydrogen) atoms. The number of aliphatic imine (C=N–C) groups is 2. The van der Waals surface area contributed by atoms with Crippen LogP contribution in [0.3, 0.4) is 0 Å². The van der Waals surface area contributed by atoms with Gasteiger partial charge in [-0.2, -0.15) is 10.2 Å². The van der Waals surface area contributed by atoms with Crippen molar-refractivity contribution in [3.8, 4) is 0 Å². The maximum absolute atomic E-state index is 12.3. The lowest BCUT2D eigenvalue weighted by Gasteiger charge is -2.17. The summed E-state index contributed by atoms with van der Waals surface area (Å²) in [4.78, 5) is 130. The summed E-state index contributed by atoms with van der Waals surface area (Å²) in [6, 6.07) is 34.7. The van der Waals surface area contributed by atoms with Gasteiger partial charge in [-0.25, -0.2) is 13.2 Å². The summed E-state index contributed by atoms with van der Waals surface area (Å²) in [5, 5.41) is 51.1.